The van der Waals surface area contributed by atoms with Crippen LogP contribution in [0.25, 0.3) is 0 Å². The smallest absolute Gasteiger partial charge is 0.354 e. The number of anilines is 2. The van der Waals surface area contributed by atoms with Crippen LogP contribution in [0.2, 0.25) is 0 Å². The van der Waals surface area contributed by atoms with Gasteiger partial charge in [0.05, 0.1) is 6.04 Å². The molecule has 0 bridgehead atoms. The number of rotatable bonds is 2. The van der Waals surface area contributed by atoms with Gasteiger partial charge in [0.25, 0.3) is 0 Å². The van der Waals surface area contributed by atoms with Gasteiger partial charge in [0.15, 0.2) is 0 Å². The summed E-state index contributed by atoms with van der Waals surface area (Å²) >= 11 is 0. The summed E-state index contributed by atoms with van der Waals surface area (Å²) in [5.41, 5.74) is -0.896. The Balaban J connectivity index is 1.56. The molecule has 25 heavy (non-hydrogen) atoms. The van der Waals surface area contributed by atoms with E-state index in [2.05, 4.69) is 19.9 Å². The number of fused-ring (bicyclic) bond motifs is 1. The van der Waals surface area contributed by atoms with Crippen LogP contribution in [0, 0.1) is 5.92 Å². The lowest BCUT2D eigenvalue weighted by Crippen LogP contribution is -2.48. The molecular formula is C17H18F3N5. The molecule has 4 heterocycles. The normalized spacial score (nSPS) is 23.6. The highest BCUT2D eigenvalue weighted by Crippen LogP contribution is 2.36. The number of hydrogen-bond acceptors (Lipinski definition) is 5. The van der Waals surface area contributed by atoms with Crippen LogP contribution in [-0.4, -0.2) is 40.6 Å². The maximum absolute atomic E-state index is 12.9. The first kappa shape index (κ1) is 16.1. The van der Waals surface area contributed by atoms with Crippen molar-refractivity contribution in [2.75, 3.05) is 29.4 Å². The number of alkyl halides is 3. The Morgan fingerprint density at radius 3 is 2.60 bits per heavy atom. The molecule has 0 N–H and O–H groups in total. The molecule has 4 rings (SSSR count). The second-order valence-corrected chi connectivity index (χ2v) is 6.49. The van der Waals surface area contributed by atoms with Crippen molar-refractivity contribution in [1.29, 1.82) is 0 Å². The van der Waals surface area contributed by atoms with Crippen LogP contribution in [0.1, 0.15) is 18.5 Å². The third kappa shape index (κ3) is 3.12. The number of piperidine rings is 1. The molecule has 2 atom stereocenters. The summed E-state index contributed by atoms with van der Waals surface area (Å²) in [4.78, 5) is 16.0. The van der Waals surface area contributed by atoms with Gasteiger partial charge in [-0.05, 0) is 30.9 Å². The Hall–Kier alpha value is -2.38. The molecule has 2 saturated heterocycles. The minimum absolute atomic E-state index is 0.243. The first-order valence-electron chi connectivity index (χ1n) is 8.34. The second-order valence-electron chi connectivity index (χ2n) is 6.49. The molecule has 2 aromatic heterocycles. The van der Waals surface area contributed by atoms with E-state index in [9.17, 15) is 13.2 Å². The van der Waals surface area contributed by atoms with E-state index in [1.165, 1.54) is 0 Å². The molecule has 0 aliphatic carbocycles. The van der Waals surface area contributed by atoms with Gasteiger partial charge in [-0.1, -0.05) is 6.07 Å². The van der Waals surface area contributed by atoms with Crippen LogP contribution >= 0.6 is 0 Å². The molecule has 0 amide bonds. The number of aromatic nitrogens is 3. The molecule has 2 aliphatic heterocycles. The Kier molecular flexibility index (Phi) is 3.97. The van der Waals surface area contributed by atoms with Crippen LogP contribution in [0.4, 0.5) is 24.8 Å². The van der Waals surface area contributed by atoms with Gasteiger partial charge in [-0.25, -0.2) is 15.0 Å². The summed E-state index contributed by atoms with van der Waals surface area (Å²) < 4.78 is 38.7. The third-order valence-corrected chi connectivity index (χ3v) is 5.07. The molecular weight excluding hydrogens is 331 g/mol. The maximum atomic E-state index is 12.9. The number of pyridine rings is 1. The molecule has 8 heteroatoms. The molecule has 2 aliphatic rings. The van der Waals surface area contributed by atoms with E-state index in [0.29, 0.717) is 24.8 Å². The van der Waals surface area contributed by atoms with Gasteiger partial charge in [0.1, 0.15) is 23.7 Å². The first-order valence-corrected chi connectivity index (χ1v) is 8.34. The Morgan fingerprint density at radius 2 is 1.84 bits per heavy atom. The lowest BCUT2D eigenvalue weighted by Gasteiger charge is -2.39. The van der Waals surface area contributed by atoms with Gasteiger partial charge in [-0.2, -0.15) is 13.2 Å². The molecule has 5 nitrogen and oxygen atoms in total. The van der Waals surface area contributed by atoms with Crippen molar-refractivity contribution < 1.29 is 13.2 Å². The van der Waals surface area contributed by atoms with E-state index in [1.807, 2.05) is 23.1 Å². The fraction of sp³-hybridized carbons (Fsp3) is 0.471. The minimum atomic E-state index is -4.45. The predicted octanol–water partition coefficient (Wildman–Crippen LogP) is 3.00. The standard InChI is InChI=1S/C17H18F3N5/c18-17(19,20)14-9-16(23-11-22-14)24-7-4-12-5-8-25(13(12)10-24)15-3-1-2-6-21-15/h1-3,6,9,11-13H,4-5,7-8,10H2. The summed E-state index contributed by atoms with van der Waals surface area (Å²) in [5.74, 6) is 1.81. The van der Waals surface area contributed by atoms with Crippen molar-refractivity contribution in [1.82, 2.24) is 15.0 Å². The average Bonchev–Trinajstić information content (AvgIpc) is 3.05. The fourth-order valence-electron chi connectivity index (χ4n) is 3.83. The fourth-order valence-corrected chi connectivity index (χ4v) is 3.83. The largest absolute Gasteiger partial charge is 0.433 e. The molecule has 2 fully saturated rings. The van der Waals surface area contributed by atoms with Crippen molar-refractivity contribution >= 4 is 11.6 Å². The highest BCUT2D eigenvalue weighted by Gasteiger charge is 2.40. The molecule has 0 radical (unpaired) electrons. The van der Waals surface area contributed by atoms with E-state index in [4.69, 9.17) is 0 Å². The average molecular weight is 349 g/mol. The molecule has 0 aromatic carbocycles. The summed E-state index contributed by atoms with van der Waals surface area (Å²) in [6.45, 7) is 2.29. The summed E-state index contributed by atoms with van der Waals surface area (Å²) in [5, 5.41) is 0. The van der Waals surface area contributed by atoms with E-state index in [0.717, 1.165) is 37.6 Å². The topological polar surface area (TPSA) is 45.2 Å². The van der Waals surface area contributed by atoms with Crippen LogP contribution < -0.4 is 9.80 Å². The highest BCUT2D eigenvalue weighted by molar-refractivity contribution is 5.46. The lowest BCUT2D eigenvalue weighted by molar-refractivity contribution is -0.141. The van der Waals surface area contributed by atoms with Crippen LogP contribution in [-0.2, 0) is 6.18 Å². The second kappa shape index (κ2) is 6.16. The molecule has 0 spiro atoms. The van der Waals surface area contributed by atoms with Gasteiger partial charge < -0.3 is 9.80 Å². The Labute approximate surface area is 143 Å². The summed E-state index contributed by atoms with van der Waals surface area (Å²) in [7, 11) is 0. The van der Waals surface area contributed by atoms with Gasteiger partial charge in [-0.15, -0.1) is 0 Å². The Morgan fingerprint density at radius 1 is 1.00 bits per heavy atom. The van der Waals surface area contributed by atoms with E-state index in [1.54, 1.807) is 6.20 Å². The van der Waals surface area contributed by atoms with E-state index >= 15 is 0 Å². The van der Waals surface area contributed by atoms with E-state index in [-0.39, 0.29) is 6.04 Å². The maximum Gasteiger partial charge on any atom is 0.433 e. The highest BCUT2D eigenvalue weighted by atomic mass is 19.4. The monoisotopic (exact) mass is 349 g/mol. The van der Waals surface area contributed by atoms with Gasteiger partial charge in [0.2, 0.25) is 0 Å². The first-order chi connectivity index (χ1) is 12.0. The van der Waals surface area contributed by atoms with Crippen molar-refractivity contribution in [3.63, 3.8) is 0 Å². The SMILES string of the molecule is FC(F)(F)c1cc(N2CCC3CCN(c4ccccn4)C3C2)ncn1. The lowest BCUT2D eigenvalue weighted by atomic mass is 9.92. The van der Waals surface area contributed by atoms with Gasteiger partial charge in [-0.3, -0.25) is 0 Å². The van der Waals surface area contributed by atoms with Crippen LogP contribution in [0.15, 0.2) is 36.8 Å². The van der Waals surface area contributed by atoms with Crippen molar-refractivity contribution in [3.8, 4) is 0 Å². The minimum Gasteiger partial charge on any atom is -0.354 e. The van der Waals surface area contributed by atoms with Crippen LogP contribution in [0.5, 0.6) is 0 Å². The van der Waals surface area contributed by atoms with E-state index < -0.39 is 11.9 Å². The summed E-state index contributed by atoms with van der Waals surface area (Å²) in [6, 6.07) is 7.10. The quantitative estimate of drug-likeness (QED) is 0.834. The number of nitrogens with zero attached hydrogens (tertiary/aromatic N) is 5. The molecule has 132 valence electrons. The third-order valence-electron chi connectivity index (χ3n) is 5.07. The van der Waals surface area contributed by atoms with Crippen LogP contribution in [0.3, 0.4) is 0 Å². The van der Waals surface area contributed by atoms with Crippen molar-refractivity contribution in [2.45, 2.75) is 25.1 Å². The van der Waals surface area contributed by atoms with Gasteiger partial charge in [0, 0.05) is 31.9 Å². The zero-order chi connectivity index (χ0) is 17.4. The van der Waals surface area contributed by atoms with Crippen molar-refractivity contribution in [3.05, 3.63) is 42.5 Å². The summed E-state index contributed by atoms with van der Waals surface area (Å²) in [6.07, 6.45) is 0.341. The number of hydrogen-bond donors (Lipinski definition) is 0. The molecule has 0 saturated carbocycles. The zero-order valence-electron chi connectivity index (χ0n) is 13.5. The molecule has 2 unspecified atom stereocenters. The number of halogens is 3. The van der Waals surface area contributed by atoms with Gasteiger partial charge >= 0.3 is 6.18 Å². The van der Waals surface area contributed by atoms with Crippen molar-refractivity contribution in [2.24, 2.45) is 5.92 Å². The Bertz CT molecular complexity index is 737. The zero-order valence-corrected chi connectivity index (χ0v) is 13.5. The predicted molar refractivity (Wildman–Crippen MR) is 87.3 cm³/mol. The molecule has 2 aromatic rings.